The Labute approximate surface area is 136 Å². The van der Waals surface area contributed by atoms with E-state index in [0.29, 0.717) is 12.0 Å². The first-order valence-corrected chi connectivity index (χ1v) is 8.49. The Bertz CT molecular complexity index is 635. The van der Waals surface area contributed by atoms with E-state index in [2.05, 4.69) is 25.2 Å². The number of rotatable bonds is 4. The number of aromatic nitrogens is 4. The van der Waals surface area contributed by atoms with Crippen LogP contribution in [0.5, 0.6) is 0 Å². The maximum absolute atomic E-state index is 4.80. The lowest BCUT2D eigenvalue weighted by Gasteiger charge is -2.34. The van der Waals surface area contributed by atoms with Crippen LogP contribution in [0.1, 0.15) is 43.8 Å². The molecule has 0 aromatic carbocycles. The lowest BCUT2D eigenvalue weighted by atomic mass is 9.85. The van der Waals surface area contributed by atoms with Crippen molar-refractivity contribution in [1.29, 1.82) is 0 Å². The average molecular weight is 310 g/mol. The number of hydrogen-bond donors (Lipinski definition) is 1. The van der Waals surface area contributed by atoms with E-state index < -0.39 is 0 Å². The van der Waals surface area contributed by atoms with Crippen molar-refractivity contribution < 1.29 is 0 Å². The van der Waals surface area contributed by atoms with Crippen LogP contribution in [0.25, 0.3) is 0 Å². The molecule has 2 fully saturated rings. The lowest BCUT2D eigenvalue weighted by molar-refractivity contribution is 0.400. The maximum Gasteiger partial charge on any atom is 0.133 e. The third-order valence-electron chi connectivity index (χ3n) is 4.88. The van der Waals surface area contributed by atoms with Crippen molar-refractivity contribution >= 4 is 11.6 Å². The van der Waals surface area contributed by atoms with Gasteiger partial charge in [0.1, 0.15) is 23.8 Å². The van der Waals surface area contributed by atoms with E-state index >= 15 is 0 Å². The second-order valence-corrected chi connectivity index (χ2v) is 6.40. The van der Waals surface area contributed by atoms with Crippen molar-refractivity contribution in [3.05, 3.63) is 36.7 Å². The fraction of sp³-hybridized carbons (Fsp3) is 0.529. The number of piperidine rings is 1. The second kappa shape index (κ2) is 6.48. The van der Waals surface area contributed by atoms with Gasteiger partial charge in [-0.15, -0.1) is 0 Å². The first-order chi connectivity index (χ1) is 11.4. The zero-order chi connectivity index (χ0) is 15.5. The van der Waals surface area contributed by atoms with Crippen molar-refractivity contribution in [3.63, 3.8) is 0 Å². The van der Waals surface area contributed by atoms with Crippen LogP contribution in [0.15, 0.2) is 30.9 Å². The summed E-state index contributed by atoms with van der Waals surface area (Å²) in [5.41, 5.74) is 0. The molecule has 0 atom stereocenters. The SMILES string of the molecule is c1cc(NC2CCN(c3ccnc(C4CCC4)n3)CC2)ncn1. The van der Waals surface area contributed by atoms with E-state index in [0.717, 1.165) is 43.4 Å². The molecule has 3 heterocycles. The fourth-order valence-electron chi connectivity index (χ4n) is 3.24. The summed E-state index contributed by atoms with van der Waals surface area (Å²) in [7, 11) is 0. The lowest BCUT2D eigenvalue weighted by Crippen LogP contribution is -2.39. The van der Waals surface area contributed by atoms with E-state index in [4.69, 9.17) is 4.98 Å². The summed E-state index contributed by atoms with van der Waals surface area (Å²) in [6, 6.07) is 4.43. The third kappa shape index (κ3) is 3.25. The van der Waals surface area contributed by atoms with E-state index in [-0.39, 0.29) is 0 Å². The zero-order valence-electron chi connectivity index (χ0n) is 13.2. The molecule has 1 saturated heterocycles. The highest BCUT2D eigenvalue weighted by atomic mass is 15.2. The Kier molecular flexibility index (Phi) is 4.05. The topological polar surface area (TPSA) is 66.8 Å². The monoisotopic (exact) mass is 310 g/mol. The minimum absolute atomic E-state index is 0.467. The summed E-state index contributed by atoms with van der Waals surface area (Å²) in [4.78, 5) is 19.8. The molecule has 1 aliphatic carbocycles. The molecule has 0 spiro atoms. The summed E-state index contributed by atoms with van der Waals surface area (Å²) in [5, 5.41) is 3.49. The Balaban J connectivity index is 1.36. The van der Waals surface area contributed by atoms with Crippen LogP contribution in [0.4, 0.5) is 11.6 Å². The molecule has 1 N–H and O–H groups in total. The standard InChI is InChI=1S/C17H22N6/c1-2-13(3-1)17-19-9-5-16(22-17)23-10-6-14(7-11-23)21-15-4-8-18-12-20-15/h4-5,8-9,12-14H,1-3,6-7,10-11H2,(H,18,20,21). The Hall–Kier alpha value is -2.24. The number of nitrogens with one attached hydrogen (secondary N) is 1. The quantitative estimate of drug-likeness (QED) is 0.936. The van der Waals surface area contributed by atoms with Crippen molar-refractivity contribution in [1.82, 2.24) is 19.9 Å². The maximum atomic E-state index is 4.80. The molecule has 0 radical (unpaired) electrons. The van der Waals surface area contributed by atoms with Crippen LogP contribution >= 0.6 is 0 Å². The van der Waals surface area contributed by atoms with Crippen LogP contribution in [-0.4, -0.2) is 39.1 Å². The summed E-state index contributed by atoms with van der Waals surface area (Å²) < 4.78 is 0. The zero-order valence-corrected chi connectivity index (χ0v) is 13.2. The predicted molar refractivity (Wildman–Crippen MR) is 89.5 cm³/mol. The van der Waals surface area contributed by atoms with Gasteiger partial charge in [0.05, 0.1) is 0 Å². The van der Waals surface area contributed by atoms with Crippen molar-refractivity contribution in [2.24, 2.45) is 0 Å². The molecule has 2 aromatic rings. The molecule has 6 nitrogen and oxygen atoms in total. The minimum atomic E-state index is 0.467. The van der Waals surface area contributed by atoms with Gasteiger partial charge in [-0.2, -0.15) is 0 Å². The second-order valence-electron chi connectivity index (χ2n) is 6.40. The van der Waals surface area contributed by atoms with E-state index in [1.54, 1.807) is 12.5 Å². The summed E-state index contributed by atoms with van der Waals surface area (Å²) in [6.45, 7) is 2.04. The Morgan fingerprint density at radius 3 is 2.57 bits per heavy atom. The van der Waals surface area contributed by atoms with Gasteiger partial charge in [-0.3, -0.25) is 0 Å². The molecule has 2 aromatic heterocycles. The number of hydrogen-bond acceptors (Lipinski definition) is 6. The molecule has 0 amide bonds. The summed E-state index contributed by atoms with van der Waals surface area (Å²) in [5.74, 6) is 3.62. The van der Waals surface area contributed by atoms with Gasteiger partial charge in [0.2, 0.25) is 0 Å². The number of anilines is 2. The highest BCUT2D eigenvalue weighted by molar-refractivity contribution is 5.40. The van der Waals surface area contributed by atoms with E-state index in [1.807, 2.05) is 18.3 Å². The smallest absolute Gasteiger partial charge is 0.133 e. The molecule has 1 aliphatic heterocycles. The molecule has 23 heavy (non-hydrogen) atoms. The van der Waals surface area contributed by atoms with Crippen LogP contribution in [-0.2, 0) is 0 Å². The van der Waals surface area contributed by atoms with Crippen LogP contribution < -0.4 is 10.2 Å². The molecule has 4 rings (SSSR count). The summed E-state index contributed by atoms with van der Waals surface area (Å²) in [6.07, 6.45) is 11.3. The largest absolute Gasteiger partial charge is 0.367 e. The van der Waals surface area contributed by atoms with Gasteiger partial charge in [-0.05, 0) is 37.8 Å². The molecule has 0 unspecified atom stereocenters. The molecular formula is C17H22N6. The van der Waals surface area contributed by atoms with Gasteiger partial charge in [0.25, 0.3) is 0 Å². The first kappa shape index (κ1) is 14.4. The van der Waals surface area contributed by atoms with Crippen LogP contribution in [0.2, 0.25) is 0 Å². The fourth-order valence-corrected chi connectivity index (χ4v) is 3.24. The van der Waals surface area contributed by atoms with Crippen molar-refractivity contribution in [3.8, 4) is 0 Å². The highest BCUT2D eigenvalue weighted by Crippen LogP contribution is 2.34. The molecule has 6 heteroatoms. The Morgan fingerprint density at radius 2 is 1.87 bits per heavy atom. The molecule has 2 aliphatic rings. The van der Waals surface area contributed by atoms with Crippen LogP contribution in [0.3, 0.4) is 0 Å². The normalized spacial score (nSPS) is 19.4. The molecular weight excluding hydrogens is 288 g/mol. The summed E-state index contributed by atoms with van der Waals surface area (Å²) >= 11 is 0. The van der Waals surface area contributed by atoms with Gasteiger partial charge >= 0.3 is 0 Å². The van der Waals surface area contributed by atoms with Gasteiger partial charge < -0.3 is 10.2 Å². The van der Waals surface area contributed by atoms with Crippen LogP contribution in [0, 0.1) is 0 Å². The average Bonchev–Trinajstić information content (AvgIpc) is 2.55. The third-order valence-corrected chi connectivity index (χ3v) is 4.88. The molecule has 1 saturated carbocycles. The van der Waals surface area contributed by atoms with E-state index in [9.17, 15) is 0 Å². The van der Waals surface area contributed by atoms with Gasteiger partial charge in [0, 0.05) is 37.4 Å². The minimum Gasteiger partial charge on any atom is -0.367 e. The first-order valence-electron chi connectivity index (χ1n) is 8.49. The van der Waals surface area contributed by atoms with Crippen molar-refractivity contribution in [2.75, 3.05) is 23.3 Å². The Morgan fingerprint density at radius 1 is 1.00 bits per heavy atom. The van der Waals surface area contributed by atoms with E-state index in [1.165, 1.54) is 19.3 Å². The molecule has 0 bridgehead atoms. The van der Waals surface area contributed by atoms with Gasteiger partial charge in [-0.1, -0.05) is 6.42 Å². The van der Waals surface area contributed by atoms with Crippen molar-refractivity contribution in [2.45, 2.75) is 44.1 Å². The predicted octanol–water partition coefficient (Wildman–Crippen LogP) is 2.62. The number of nitrogens with zero attached hydrogens (tertiary/aromatic N) is 5. The molecule has 120 valence electrons. The van der Waals surface area contributed by atoms with Gasteiger partial charge in [-0.25, -0.2) is 19.9 Å². The highest BCUT2D eigenvalue weighted by Gasteiger charge is 2.24. The van der Waals surface area contributed by atoms with Gasteiger partial charge in [0.15, 0.2) is 0 Å².